The molecule has 0 bridgehead atoms. The van der Waals surface area contributed by atoms with Gasteiger partial charge in [0.15, 0.2) is 11.5 Å². The fraction of sp³-hybridized carbons (Fsp3) is 0.588. The maximum atomic E-state index is 6.21. The highest BCUT2D eigenvalue weighted by Gasteiger charge is 2.35. The number of piperidine rings is 2. The zero-order valence-electron chi connectivity index (χ0n) is 25.7. The van der Waals surface area contributed by atoms with E-state index in [9.17, 15) is 0 Å². The van der Waals surface area contributed by atoms with Crippen LogP contribution in [0, 0.1) is 12.3 Å². The Morgan fingerprint density at radius 1 is 0.976 bits per heavy atom. The molecule has 1 spiro atoms. The Bertz CT molecular complexity index is 1300. The van der Waals surface area contributed by atoms with E-state index >= 15 is 0 Å². The first kappa shape index (κ1) is 31.0. The molecule has 2 aliphatic rings. The minimum Gasteiger partial charge on any atom is -0.493 e. The molecule has 5 rings (SSSR count). The van der Waals surface area contributed by atoms with Crippen molar-refractivity contribution in [3.05, 3.63) is 52.3 Å². The maximum Gasteiger partial charge on any atom is 0.163 e. The van der Waals surface area contributed by atoms with E-state index in [1.165, 1.54) is 89.7 Å². The summed E-state index contributed by atoms with van der Waals surface area (Å²) in [5, 5.41) is 8.03. The van der Waals surface area contributed by atoms with Crippen LogP contribution >= 0.6 is 15.9 Å². The van der Waals surface area contributed by atoms with Gasteiger partial charge in [-0.25, -0.2) is 9.97 Å². The quantitative estimate of drug-likeness (QED) is 0.186. The van der Waals surface area contributed by atoms with Crippen LogP contribution in [0.1, 0.15) is 82.1 Å². The lowest BCUT2D eigenvalue weighted by Gasteiger charge is -2.44. The Morgan fingerprint density at radius 3 is 2.50 bits per heavy atom. The topological polar surface area (TPSA) is 71.5 Å². The minimum absolute atomic E-state index is 0.0770. The summed E-state index contributed by atoms with van der Waals surface area (Å²) in [7, 11) is 1.69. The van der Waals surface area contributed by atoms with Gasteiger partial charge in [0.2, 0.25) is 0 Å². The number of hydrogen-bond acceptors (Lipinski definition) is 7. The number of benzene rings is 2. The first-order chi connectivity index (χ1) is 20.4. The van der Waals surface area contributed by atoms with Gasteiger partial charge < -0.3 is 25.0 Å². The van der Waals surface area contributed by atoms with Crippen molar-refractivity contribution in [3.63, 3.8) is 0 Å². The molecule has 2 fully saturated rings. The second kappa shape index (κ2) is 14.8. The predicted molar refractivity (Wildman–Crippen MR) is 176 cm³/mol. The Hall–Kier alpha value is -2.42. The van der Waals surface area contributed by atoms with E-state index in [0.717, 1.165) is 39.2 Å². The van der Waals surface area contributed by atoms with Crippen LogP contribution in [-0.2, 0) is 0 Å². The van der Waals surface area contributed by atoms with E-state index in [0.29, 0.717) is 17.8 Å². The average Bonchev–Trinajstić information content (AvgIpc) is 2.99. The number of rotatable bonds is 13. The number of aromatic nitrogens is 2. The van der Waals surface area contributed by atoms with Gasteiger partial charge in [0.25, 0.3) is 0 Å². The summed E-state index contributed by atoms with van der Waals surface area (Å²) >= 11 is 3.57. The molecule has 0 unspecified atom stereocenters. The van der Waals surface area contributed by atoms with Crippen molar-refractivity contribution in [2.45, 2.75) is 77.7 Å². The van der Waals surface area contributed by atoms with E-state index in [2.05, 4.69) is 50.5 Å². The molecule has 7 nitrogen and oxygen atoms in total. The second-order valence-electron chi connectivity index (χ2n) is 12.3. The lowest BCUT2D eigenvalue weighted by molar-refractivity contribution is 0.0730. The smallest absolute Gasteiger partial charge is 0.163 e. The Labute approximate surface area is 260 Å². The van der Waals surface area contributed by atoms with Gasteiger partial charge in [-0.05, 0) is 114 Å². The molecule has 2 aliphatic heterocycles. The summed E-state index contributed by atoms with van der Waals surface area (Å²) in [5.74, 6) is 2.97. The molecule has 1 atom stereocenters. The van der Waals surface area contributed by atoms with E-state index in [4.69, 9.17) is 19.4 Å². The summed E-state index contributed by atoms with van der Waals surface area (Å²) in [6, 6.07) is 12.4. The maximum absolute atomic E-state index is 6.21. The molecule has 1 aromatic heterocycles. The number of aryl methyl sites for hydroxylation is 1. The number of unbranched alkanes of at least 4 members (excludes halogenated alkanes) is 4. The summed E-state index contributed by atoms with van der Waals surface area (Å²) in [6.07, 6.45) is 11.7. The van der Waals surface area contributed by atoms with E-state index < -0.39 is 0 Å². The lowest BCUT2D eigenvalue weighted by Crippen LogP contribution is -2.45. The van der Waals surface area contributed by atoms with Crippen LogP contribution in [0.15, 0.2) is 40.9 Å². The van der Waals surface area contributed by atoms with E-state index in [1.54, 1.807) is 7.11 Å². The molecular formula is C34H48BrN5O2. The number of anilines is 1. The molecule has 0 aliphatic carbocycles. The number of likely N-dealkylation sites (tertiary alicyclic amines) is 1. The normalized spacial score (nSPS) is 17.8. The largest absolute Gasteiger partial charge is 0.493 e. The van der Waals surface area contributed by atoms with E-state index in [-0.39, 0.29) is 6.04 Å². The molecule has 3 aromatic rings. The third-order valence-corrected chi connectivity index (χ3v) is 9.75. The fourth-order valence-corrected chi connectivity index (χ4v) is 6.97. The van der Waals surface area contributed by atoms with Crippen molar-refractivity contribution in [3.8, 4) is 11.5 Å². The van der Waals surface area contributed by atoms with Crippen LogP contribution in [0.25, 0.3) is 10.9 Å². The fourth-order valence-electron chi connectivity index (χ4n) is 6.56. The van der Waals surface area contributed by atoms with Gasteiger partial charge in [0.05, 0.1) is 25.3 Å². The first-order valence-corrected chi connectivity index (χ1v) is 16.7. The van der Waals surface area contributed by atoms with Crippen LogP contribution < -0.4 is 20.1 Å². The average molecular weight is 639 g/mol. The lowest BCUT2D eigenvalue weighted by atomic mass is 9.71. The van der Waals surface area contributed by atoms with Gasteiger partial charge >= 0.3 is 0 Å². The van der Waals surface area contributed by atoms with Gasteiger partial charge in [-0.2, -0.15) is 0 Å². The third-order valence-electron chi connectivity index (χ3n) is 9.25. The van der Waals surface area contributed by atoms with Gasteiger partial charge in [0.1, 0.15) is 11.6 Å². The number of fused-ring (bicyclic) bond motifs is 1. The molecule has 2 saturated heterocycles. The standard InChI is InChI=1S/C34H48BrN5O2/c1-25(27-10-9-11-28(35)22-27)37-33-29-23-31(41-3)32(24-30(29)38-26(2)39-33)42-21-8-6-4-5-7-18-40-19-14-34(15-20-40)12-16-36-17-13-34/h9-11,22-25,36H,4-8,12-21H2,1-3H3,(H,37,38,39)/t25-/m1/s1. The molecule has 0 amide bonds. The van der Waals surface area contributed by atoms with Gasteiger partial charge in [0, 0.05) is 15.9 Å². The predicted octanol–water partition coefficient (Wildman–Crippen LogP) is 7.68. The molecule has 2 N–H and O–H groups in total. The molecule has 8 heteroatoms. The van der Waals surface area contributed by atoms with Crippen LogP contribution in [0.5, 0.6) is 11.5 Å². The molecule has 0 radical (unpaired) electrons. The van der Waals surface area contributed by atoms with Crippen LogP contribution in [-0.4, -0.2) is 61.3 Å². The highest BCUT2D eigenvalue weighted by atomic mass is 79.9. The van der Waals surface area contributed by atoms with Crippen molar-refractivity contribution in [1.82, 2.24) is 20.2 Å². The van der Waals surface area contributed by atoms with Crippen molar-refractivity contribution in [2.75, 3.05) is 51.8 Å². The zero-order valence-corrected chi connectivity index (χ0v) is 27.3. The SMILES string of the molecule is COc1cc2c(N[C@H](C)c3cccc(Br)c3)nc(C)nc2cc1OCCCCCCCN1CCC2(CCNCC2)CC1. The third kappa shape index (κ3) is 8.14. The van der Waals surface area contributed by atoms with Crippen LogP contribution in [0.4, 0.5) is 5.82 Å². The molecule has 2 aromatic carbocycles. The van der Waals surface area contributed by atoms with Crippen molar-refractivity contribution in [2.24, 2.45) is 5.41 Å². The van der Waals surface area contributed by atoms with Crippen molar-refractivity contribution >= 4 is 32.7 Å². The minimum atomic E-state index is 0.0770. The monoisotopic (exact) mass is 637 g/mol. The highest BCUT2D eigenvalue weighted by molar-refractivity contribution is 9.10. The van der Waals surface area contributed by atoms with Crippen molar-refractivity contribution < 1.29 is 9.47 Å². The Balaban J connectivity index is 1.07. The summed E-state index contributed by atoms with van der Waals surface area (Å²) in [5.41, 5.74) is 2.68. The summed E-state index contributed by atoms with van der Waals surface area (Å²) < 4.78 is 13.0. The Kier molecular flexibility index (Phi) is 11.0. The molecule has 42 heavy (non-hydrogen) atoms. The molecular weight excluding hydrogens is 590 g/mol. The highest BCUT2D eigenvalue weighted by Crippen LogP contribution is 2.39. The second-order valence-corrected chi connectivity index (χ2v) is 13.2. The summed E-state index contributed by atoms with van der Waals surface area (Å²) in [6.45, 7) is 11.0. The Morgan fingerprint density at radius 2 is 1.74 bits per heavy atom. The first-order valence-electron chi connectivity index (χ1n) is 15.9. The number of nitrogens with one attached hydrogen (secondary N) is 2. The van der Waals surface area contributed by atoms with Gasteiger partial charge in [-0.15, -0.1) is 0 Å². The van der Waals surface area contributed by atoms with Crippen molar-refractivity contribution in [1.29, 1.82) is 0 Å². The molecule has 3 heterocycles. The molecule has 0 saturated carbocycles. The number of hydrogen-bond donors (Lipinski definition) is 2. The number of halogens is 1. The van der Waals surface area contributed by atoms with E-state index in [1.807, 2.05) is 31.2 Å². The molecule has 228 valence electrons. The van der Waals surface area contributed by atoms with Gasteiger partial charge in [-0.3, -0.25) is 0 Å². The van der Waals surface area contributed by atoms with Crippen LogP contribution in [0.3, 0.4) is 0 Å². The zero-order chi connectivity index (χ0) is 29.4. The number of nitrogens with zero attached hydrogens (tertiary/aromatic N) is 3. The number of ether oxygens (including phenoxy) is 2. The summed E-state index contributed by atoms with van der Waals surface area (Å²) in [4.78, 5) is 12.1. The van der Waals surface area contributed by atoms with Gasteiger partial charge in [-0.1, -0.05) is 47.3 Å². The van der Waals surface area contributed by atoms with Crippen LogP contribution in [0.2, 0.25) is 0 Å². The number of methoxy groups -OCH3 is 1.